The zero-order chi connectivity index (χ0) is 13.5. The van der Waals surface area contributed by atoms with Crippen molar-refractivity contribution in [2.75, 3.05) is 13.1 Å². The molecule has 21 heavy (non-hydrogen) atoms. The molecule has 2 heterocycles. The van der Waals surface area contributed by atoms with E-state index in [1.54, 1.807) is 12.4 Å². The molecule has 0 saturated carbocycles. The number of amides is 1. The Labute approximate surface area is 139 Å². The Morgan fingerprint density at radius 2 is 2.14 bits per heavy atom. The molecule has 1 aliphatic rings. The number of halogens is 2. The number of carbonyl (C=O) groups excluding carboxylic acids is 1. The van der Waals surface area contributed by atoms with Gasteiger partial charge in [-0.25, -0.2) is 0 Å². The van der Waals surface area contributed by atoms with Gasteiger partial charge in [-0.15, -0.1) is 24.8 Å². The van der Waals surface area contributed by atoms with Crippen molar-refractivity contribution in [2.45, 2.75) is 38.6 Å². The SMILES string of the molecule is C[C@H](NC(=O)CCC1CCNCC1)c1cccnc1.Cl.Cl. The average molecular weight is 334 g/mol. The minimum atomic E-state index is 0. The van der Waals surface area contributed by atoms with E-state index in [0.29, 0.717) is 12.3 Å². The van der Waals surface area contributed by atoms with Crippen LogP contribution in [0.3, 0.4) is 0 Å². The lowest BCUT2D eigenvalue weighted by Crippen LogP contribution is -2.30. The van der Waals surface area contributed by atoms with Crippen molar-refractivity contribution in [2.24, 2.45) is 5.92 Å². The molecule has 0 aliphatic carbocycles. The van der Waals surface area contributed by atoms with Gasteiger partial charge in [-0.05, 0) is 56.8 Å². The fraction of sp³-hybridized carbons (Fsp3) is 0.600. The first-order valence-electron chi connectivity index (χ1n) is 7.15. The van der Waals surface area contributed by atoms with Crippen molar-refractivity contribution in [1.29, 1.82) is 0 Å². The lowest BCUT2D eigenvalue weighted by atomic mass is 9.93. The van der Waals surface area contributed by atoms with Gasteiger partial charge >= 0.3 is 0 Å². The maximum absolute atomic E-state index is 11.9. The van der Waals surface area contributed by atoms with Crippen LogP contribution in [0.5, 0.6) is 0 Å². The van der Waals surface area contributed by atoms with Gasteiger partial charge in [-0.1, -0.05) is 6.07 Å². The zero-order valence-corrected chi connectivity index (χ0v) is 14.0. The molecule has 1 aliphatic heterocycles. The van der Waals surface area contributed by atoms with Gasteiger partial charge in [0.05, 0.1) is 6.04 Å². The fourth-order valence-electron chi connectivity index (χ4n) is 2.53. The molecule has 2 N–H and O–H groups in total. The van der Waals surface area contributed by atoms with Crippen LogP contribution in [0.25, 0.3) is 0 Å². The third-order valence-corrected chi connectivity index (χ3v) is 3.80. The third kappa shape index (κ3) is 7.11. The van der Waals surface area contributed by atoms with Gasteiger partial charge < -0.3 is 10.6 Å². The van der Waals surface area contributed by atoms with Gasteiger partial charge in [0.25, 0.3) is 0 Å². The standard InChI is InChI=1S/C15H23N3O.2ClH/c1-12(14-3-2-8-17-11-14)18-15(19)5-4-13-6-9-16-10-7-13;;/h2-3,8,11-13,16H,4-7,9-10H2,1H3,(H,18,19);2*1H/t12-;;/m0../s1. The molecule has 0 aromatic carbocycles. The maximum Gasteiger partial charge on any atom is 0.220 e. The summed E-state index contributed by atoms with van der Waals surface area (Å²) >= 11 is 0. The van der Waals surface area contributed by atoms with E-state index in [-0.39, 0.29) is 36.8 Å². The first-order chi connectivity index (χ1) is 9.25. The summed E-state index contributed by atoms with van der Waals surface area (Å²) in [5.74, 6) is 0.857. The number of piperidine rings is 1. The summed E-state index contributed by atoms with van der Waals surface area (Å²) in [6.45, 7) is 4.19. The second-order valence-corrected chi connectivity index (χ2v) is 5.31. The van der Waals surface area contributed by atoms with Crippen LogP contribution in [0.1, 0.15) is 44.2 Å². The largest absolute Gasteiger partial charge is 0.350 e. The van der Waals surface area contributed by atoms with Crippen LogP contribution >= 0.6 is 24.8 Å². The summed E-state index contributed by atoms with van der Waals surface area (Å²) < 4.78 is 0. The minimum Gasteiger partial charge on any atom is -0.350 e. The molecule has 0 spiro atoms. The Balaban J connectivity index is 0.00000200. The van der Waals surface area contributed by atoms with Gasteiger partial charge in [0, 0.05) is 18.8 Å². The van der Waals surface area contributed by atoms with Gasteiger partial charge in [0.15, 0.2) is 0 Å². The van der Waals surface area contributed by atoms with Gasteiger partial charge in [0.2, 0.25) is 5.91 Å². The highest BCUT2D eigenvalue weighted by molar-refractivity contribution is 5.85. The normalized spacial score (nSPS) is 16.2. The number of pyridine rings is 1. The fourth-order valence-corrected chi connectivity index (χ4v) is 2.53. The number of carbonyl (C=O) groups is 1. The van der Waals surface area contributed by atoms with E-state index in [1.165, 1.54) is 12.8 Å². The molecule has 120 valence electrons. The summed E-state index contributed by atoms with van der Waals surface area (Å²) in [5.41, 5.74) is 1.05. The molecule has 1 amide bonds. The van der Waals surface area contributed by atoms with E-state index in [9.17, 15) is 4.79 Å². The number of nitrogens with zero attached hydrogens (tertiary/aromatic N) is 1. The van der Waals surface area contributed by atoms with Crippen molar-refractivity contribution in [3.05, 3.63) is 30.1 Å². The molecule has 0 radical (unpaired) electrons. The lowest BCUT2D eigenvalue weighted by molar-refractivity contribution is -0.122. The van der Waals surface area contributed by atoms with Crippen molar-refractivity contribution >= 4 is 30.7 Å². The minimum absolute atomic E-state index is 0. The highest BCUT2D eigenvalue weighted by Gasteiger charge is 2.15. The van der Waals surface area contributed by atoms with Crippen molar-refractivity contribution < 1.29 is 4.79 Å². The lowest BCUT2D eigenvalue weighted by Gasteiger charge is -2.22. The van der Waals surface area contributed by atoms with E-state index in [1.807, 2.05) is 19.1 Å². The van der Waals surface area contributed by atoms with Gasteiger partial charge in [-0.3, -0.25) is 9.78 Å². The van der Waals surface area contributed by atoms with E-state index in [4.69, 9.17) is 0 Å². The molecule has 4 nitrogen and oxygen atoms in total. The van der Waals surface area contributed by atoms with E-state index in [0.717, 1.165) is 25.1 Å². The maximum atomic E-state index is 11.9. The summed E-state index contributed by atoms with van der Waals surface area (Å²) in [4.78, 5) is 16.0. The Morgan fingerprint density at radius 1 is 1.43 bits per heavy atom. The van der Waals surface area contributed by atoms with Crippen LogP contribution < -0.4 is 10.6 Å². The number of hydrogen-bond acceptors (Lipinski definition) is 3. The first-order valence-corrected chi connectivity index (χ1v) is 7.15. The molecule has 1 saturated heterocycles. The van der Waals surface area contributed by atoms with Crippen LogP contribution in [-0.2, 0) is 4.79 Å². The Kier molecular flexibility index (Phi) is 10.4. The second kappa shape index (κ2) is 10.8. The first kappa shape index (κ1) is 20.2. The summed E-state index contributed by atoms with van der Waals surface area (Å²) in [7, 11) is 0. The second-order valence-electron chi connectivity index (χ2n) is 5.31. The topological polar surface area (TPSA) is 54.0 Å². The molecule has 0 bridgehead atoms. The van der Waals surface area contributed by atoms with Gasteiger partial charge in [0.1, 0.15) is 0 Å². The number of aromatic nitrogens is 1. The van der Waals surface area contributed by atoms with Crippen LogP contribution in [0, 0.1) is 5.92 Å². The molecule has 2 rings (SSSR count). The van der Waals surface area contributed by atoms with Crippen LogP contribution in [0.15, 0.2) is 24.5 Å². The van der Waals surface area contributed by atoms with Crippen molar-refractivity contribution in [1.82, 2.24) is 15.6 Å². The monoisotopic (exact) mass is 333 g/mol. The van der Waals surface area contributed by atoms with E-state index < -0.39 is 0 Å². The van der Waals surface area contributed by atoms with Crippen LogP contribution in [0.2, 0.25) is 0 Å². The van der Waals surface area contributed by atoms with Crippen molar-refractivity contribution in [3.8, 4) is 0 Å². The average Bonchev–Trinajstić information content (AvgIpc) is 2.47. The van der Waals surface area contributed by atoms with Crippen LogP contribution in [-0.4, -0.2) is 24.0 Å². The molecule has 0 unspecified atom stereocenters. The Bertz CT molecular complexity index is 397. The predicted molar refractivity (Wildman–Crippen MR) is 90.1 cm³/mol. The highest BCUT2D eigenvalue weighted by atomic mass is 35.5. The predicted octanol–water partition coefficient (Wildman–Crippen LogP) is 2.88. The Morgan fingerprint density at radius 3 is 2.76 bits per heavy atom. The molecular formula is C15H25Cl2N3O. The smallest absolute Gasteiger partial charge is 0.220 e. The van der Waals surface area contributed by atoms with Gasteiger partial charge in [-0.2, -0.15) is 0 Å². The molecule has 1 aromatic heterocycles. The van der Waals surface area contributed by atoms with E-state index in [2.05, 4.69) is 15.6 Å². The molecule has 1 aromatic rings. The number of nitrogens with one attached hydrogen (secondary N) is 2. The summed E-state index contributed by atoms with van der Waals surface area (Å²) in [5, 5.41) is 6.39. The molecule has 1 fully saturated rings. The zero-order valence-electron chi connectivity index (χ0n) is 12.4. The van der Waals surface area contributed by atoms with Crippen molar-refractivity contribution in [3.63, 3.8) is 0 Å². The summed E-state index contributed by atoms with van der Waals surface area (Å²) in [6, 6.07) is 3.92. The molecule has 6 heteroatoms. The number of hydrogen-bond donors (Lipinski definition) is 2. The molecule has 1 atom stereocenters. The summed E-state index contributed by atoms with van der Waals surface area (Å²) in [6.07, 6.45) is 7.59. The van der Waals surface area contributed by atoms with Crippen LogP contribution in [0.4, 0.5) is 0 Å². The molecular weight excluding hydrogens is 309 g/mol. The number of rotatable bonds is 5. The highest BCUT2D eigenvalue weighted by Crippen LogP contribution is 2.18. The third-order valence-electron chi connectivity index (χ3n) is 3.80. The van der Waals surface area contributed by atoms with E-state index >= 15 is 0 Å². The Hall–Kier alpha value is -0.840. The quantitative estimate of drug-likeness (QED) is 0.871.